The van der Waals surface area contributed by atoms with E-state index in [1.165, 1.54) is 15.6 Å². The fraction of sp³-hybridized carbons (Fsp3) is 0.474. The van der Waals surface area contributed by atoms with Gasteiger partial charge in [0.2, 0.25) is 10.0 Å². The van der Waals surface area contributed by atoms with E-state index >= 15 is 0 Å². The number of benzene rings is 1. The van der Waals surface area contributed by atoms with Crippen molar-refractivity contribution < 1.29 is 17.9 Å². The maximum Gasteiger partial charge on any atom is 0.243 e. The van der Waals surface area contributed by atoms with Crippen molar-refractivity contribution in [2.24, 2.45) is 5.92 Å². The highest BCUT2D eigenvalue weighted by Crippen LogP contribution is 2.25. The highest BCUT2D eigenvalue weighted by molar-refractivity contribution is 7.89. The number of hydrogen-bond acceptors (Lipinski definition) is 6. The monoisotopic (exact) mass is 408 g/mol. The number of nitrogens with zero attached hydrogens (tertiary/aromatic N) is 2. The average molecular weight is 409 g/mol. The minimum absolute atomic E-state index is 0.192. The summed E-state index contributed by atoms with van der Waals surface area (Å²) >= 11 is 1.46. The zero-order valence-corrected chi connectivity index (χ0v) is 17.2. The molecule has 0 aliphatic carbocycles. The normalized spacial score (nSPS) is 16.0. The van der Waals surface area contributed by atoms with Gasteiger partial charge >= 0.3 is 0 Å². The number of thiazole rings is 1. The number of ketones is 1. The van der Waals surface area contributed by atoms with Crippen LogP contribution >= 0.6 is 11.3 Å². The predicted octanol–water partition coefficient (Wildman–Crippen LogP) is 2.99. The molecule has 0 spiro atoms. The van der Waals surface area contributed by atoms with E-state index in [-0.39, 0.29) is 10.7 Å². The van der Waals surface area contributed by atoms with Crippen LogP contribution in [0.2, 0.25) is 0 Å². The van der Waals surface area contributed by atoms with Crippen molar-refractivity contribution in [3.63, 3.8) is 0 Å². The lowest BCUT2D eigenvalue weighted by atomic mass is 10.1. The lowest BCUT2D eigenvalue weighted by Gasteiger charge is -2.26. The molecule has 0 atom stereocenters. The van der Waals surface area contributed by atoms with Crippen LogP contribution in [-0.2, 0) is 26.0 Å². The number of carbonyl (C=O) groups is 1. The summed E-state index contributed by atoms with van der Waals surface area (Å²) in [5.74, 6) is 0.538. The van der Waals surface area contributed by atoms with Crippen LogP contribution in [0.25, 0.3) is 11.3 Å². The van der Waals surface area contributed by atoms with Crippen molar-refractivity contribution in [2.45, 2.75) is 31.6 Å². The third kappa shape index (κ3) is 5.01. The number of Topliss-reactive ketones (excluding diaryl/α,β-unsaturated/α-hetero) is 1. The van der Waals surface area contributed by atoms with Crippen LogP contribution in [0.1, 0.15) is 25.3 Å². The third-order valence-corrected chi connectivity index (χ3v) is 7.06. The molecule has 0 bridgehead atoms. The number of aromatic nitrogens is 1. The number of carbonyl (C=O) groups excluding carboxylic acids is 1. The first-order valence-electron chi connectivity index (χ1n) is 9.00. The van der Waals surface area contributed by atoms with Crippen molar-refractivity contribution in [3.05, 3.63) is 34.7 Å². The van der Waals surface area contributed by atoms with Gasteiger partial charge in [-0.05, 0) is 18.1 Å². The van der Waals surface area contributed by atoms with Crippen LogP contribution < -0.4 is 0 Å². The molecule has 8 heteroatoms. The summed E-state index contributed by atoms with van der Waals surface area (Å²) in [6.07, 6.45) is 0.912. The van der Waals surface area contributed by atoms with Gasteiger partial charge in [0.15, 0.2) is 0 Å². The molecule has 1 aromatic carbocycles. The molecular formula is C19H24N2O4S2. The summed E-state index contributed by atoms with van der Waals surface area (Å²) in [7, 11) is -3.49. The van der Waals surface area contributed by atoms with Crippen molar-refractivity contribution in [3.8, 4) is 11.3 Å². The van der Waals surface area contributed by atoms with Gasteiger partial charge in [-0.15, -0.1) is 11.3 Å². The fourth-order valence-electron chi connectivity index (χ4n) is 2.95. The van der Waals surface area contributed by atoms with Crippen LogP contribution in [0.3, 0.4) is 0 Å². The van der Waals surface area contributed by atoms with Gasteiger partial charge in [0.1, 0.15) is 10.8 Å². The van der Waals surface area contributed by atoms with Gasteiger partial charge in [-0.25, -0.2) is 13.4 Å². The Morgan fingerprint density at radius 1 is 1.22 bits per heavy atom. The van der Waals surface area contributed by atoms with Gasteiger partial charge in [-0.1, -0.05) is 26.0 Å². The molecule has 1 saturated heterocycles. The SMILES string of the molecule is CC(C)CC(=O)Cc1nc(-c2ccc(S(=O)(=O)N3CCOCC3)cc2)cs1. The van der Waals surface area contributed by atoms with E-state index in [1.807, 2.05) is 19.2 Å². The van der Waals surface area contributed by atoms with Crippen LogP contribution in [-0.4, -0.2) is 49.8 Å². The Bertz CT molecular complexity index is 883. The second kappa shape index (κ2) is 8.60. The van der Waals surface area contributed by atoms with Crippen LogP contribution in [0, 0.1) is 5.92 Å². The predicted molar refractivity (Wildman–Crippen MR) is 105 cm³/mol. The molecule has 1 fully saturated rings. The summed E-state index contributed by atoms with van der Waals surface area (Å²) < 4.78 is 32.0. The Morgan fingerprint density at radius 3 is 2.52 bits per heavy atom. The molecule has 146 valence electrons. The smallest absolute Gasteiger partial charge is 0.243 e. The highest BCUT2D eigenvalue weighted by atomic mass is 32.2. The van der Waals surface area contributed by atoms with Crippen molar-refractivity contribution in [1.82, 2.24) is 9.29 Å². The Labute approximate surface area is 164 Å². The van der Waals surface area contributed by atoms with Gasteiger partial charge in [-0.3, -0.25) is 4.79 Å². The van der Waals surface area contributed by atoms with Gasteiger partial charge in [0, 0.05) is 30.5 Å². The van der Waals surface area contributed by atoms with E-state index < -0.39 is 10.0 Å². The molecular weight excluding hydrogens is 384 g/mol. The lowest BCUT2D eigenvalue weighted by Crippen LogP contribution is -2.40. The van der Waals surface area contributed by atoms with Crippen molar-refractivity contribution in [1.29, 1.82) is 0 Å². The summed E-state index contributed by atoms with van der Waals surface area (Å²) in [5, 5.41) is 2.70. The molecule has 0 radical (unpaired) electrons. The summed E-state index contributed by atoms with van der Waals surface area (Å²) in [4.78, 5) is 16.8. The minimum atomic E-state index is -3.49. The van der Waals surface area contributed by atoms with E-state index in [0.717, 1.165) is 16.3 Å². The molecule has 2 aromatic rings. The Kier molecular flexibility index (Phi) is 6.41. The topological polar surface area (TPSA) is 76.6 Å². The molecule has 2 heterocycles. The first-order valence-corrected chi connectivity index (χ1v) is 11.3. The highest BCUT2D eigenvalue weighted by Gasteiger charge is 2.26. The van der Waals surface area contributed by atoms with E-state index in [1.54, 1.807) is 24.3 Å². The fourth-order valence-corrected chi connectivity index (χ4v) is 5.19. The van der Waals surface area contributed by atoms with Gasteiger partial charge < -0.3 is 4.74 Å². The third-order valence-electron chi connectivity index (χ3n) is 4.29. The van der Waals surface area contributed by atoms with Crippen LogP contribution in [0.5, 0.6) is 0 Å². The largest absolute Gasteiger partial charge is 0.379 e. The van der Waals surface area contributed by atoms with E-state index in [0.29, 0.717) is 45.1 Å². The summed E-state index contributed by atoms with van der Waals surface area (Å²) in [6.45, 7) is 5.66. The average Bonchev–Trinajstić information content (AvgIpc) is 3.10. The molecule has 0 unspecified atom stereocenters. The number of sulfonamides is 1. The Hall–Kier alpha value is -1.61. The molecule has 3 rings (SSSR count). The zero-order chi connectivity index (χ0) is 19.4. The van der Waals surface area contributed by atoms with Gasteiger partial charge in [-0.2, -0.15) is 4.31 Å². The first kappa shape index (κ1) is 20.1. The number of rotatable bonds is 7. The molecule has 6 nitrogen and oxygen atoms in total. The quantitative estimate of drug-likeness (QED) is 0.704. The number of morpholine rings is 1. The Morgan fingerprint density at radius 2 is 1.89 bits per heavy atom. The number of ether oxygens (including phenoxy) is 1. The molecule has 1 aliphatic rings. The van der Waals surface area contributed by atoms with Gasteiger partial charge in [0.05, 0.1) is 30.2 Å². The van der Waals surface area contributed by atoms with E-state index in [4.69, 9.17) is 4.74 Å². The zero-order valence-electron chi connectivity index (χ0n) is 15.6. The molecule has 1 aromatic heterocycles. The summed E-state index contributed by atoms with van der Waals surface area (Å²) in [5.41, 5.74) is 1.61. The number of hydrogen-bond donors (Lipinski definition) is 0. The molecule has 0 N–H and O–H groups in total. The molecule has 0 saturated carbocycles. The Balaban J connectivity index is 1.71. The van der Waals surface area contributed by atoms with E-state index in [2.05, 4.69) is 4.98 Å². The second-order valence-electron chi connectivity index (χ2n) is 6.98. The first-order chi connectivity index (χ1) is 12.9. The standard InChI is InChI=1S/C19H24N2O4S2/c1-14(2)11-16(22)12-19-20-18(13-26-19)15-3-5-17(6-4-15)27(23,24)21-7-9-25-10-8-21/h3-6,13-14H,7-12H2,1-2H3. The van der Waals surface area contributed by atoms with Crippen LogP contribution in [0.4, 0.5) is 0 Å². The van der Waals surface area contributed by atoms with E-state index in [9.17, 15) is 13.2 Å². The van der Waals surface area contributed by atoms with Crippen molar-refractivity contribution in [2.75, 3.05) is 26.3 Å². The second-order valence-corrected chi connectivity index (χ2v) is 9.86. The maximum absolute atomic E-state index is 12.7. The van der Waals surface area contributed by atoms with Gasteiger partial charge in [0.25, 0.3) is 0 Å². The minimum Gasteiger partial charge on any atom is -0.379 e. The molecule has 0 amide bonds. The summed E-state index contributed by atoms with van der Waals surface area (Å²) in [6, 6.07) is 6.76. The lowest BCUT2D eigenvalue weighted by molar-refractivity contribution is -0.119. The maximum atomic E-state index is 12.7. The van der Waals surface area contributed by atoms with Crippen molar-refractivity contribution >= 4 is 27.1 Å². The van der Waals surface area contributed by atoms with Crippen LogP contribution in [0.15, 0.2) is 34.5 Å². The molecule has 27 heavy (non-hydrogen) atoms. The molecule has 1 aliphatic heterocycles.